The third-order valence-corrected chi connectivity index (χ3v) is 4.53. The third-order valence-electron chi connectivity index (χ3n) is 4.53. The Hall–Kier alpha value is 0. The van der Waals surface area contributed by atoms with E-state index in [-0.39, 0.29) is 24.0 Å². The molecule has 4 heteroatoms. The third kappa shape index (κ3) is 4.50. The van der Waals surface area contributed by atoms with Crippen LogP contribution in [-0.4, -0.2) is 37.5 Å². The van der Waals surface area contributed by atoms with Crippen molar-refractivity contribution in [3.63, 3.8) is 0 Å². The normalized spacial score (nSPS) is 22.7. The summed E-state index contributed by atoms with van der Waals surface area (Å²) in [5.74, 6) is 1.79. The maximum atomic E-state index is 4.45. The molecule has 1 saturated heterocycles. The van der Waals surface area contributed by atoms with Crippen molar-refractivity contribution in [3.05, 3.63) is 0 Å². The Kier molecular flexibility index (Phi) is 6.91. The Morgan fingerprint density at radius 2 is 1.89 bits per heavy atom. The van der Waals surface area contributed by atoms with E-state index in [0.717, 1.165) is 12.5 Å². The van der Waals surface area contributed by atoms with E-state index in [4.69, 9.17) is 0 Å². The highest BCUT2D eigenvalue weighted by Gasteiger charge is 2.39. The maximum Gasteiger partial charge on any atom is 0.193 e. The van der Waals surface area contributed by atoms with Gasteiger partial charge in [0.1, 0.15) is 0 Å². The van der Waals surface area contributed by atoms with Gasteiger partial charge in [-0.3, -0.25) is 4.99 Å². The molecular formula is C15H30IN3. The molecule has 0 aromatic rings. The Bertz CT molecular complexity index is 296. The van der Waals surface area contributed by atoms with Crippen LogP contribution < -0.4 is 5.32 Å². The van der Waals surface area contributed by atoms with E-state index < -0.39 is 0 Å². The highest BCUT2D eigenvalue weighted by Crippen LogP contribution is 2.43. The number of nitrogens with one attached hydrogen (secondary N) is 1. The molecule has 0 bridgehead atoms. The zero-order valence-electron chi connectivity index (χ0n) is 12.7. The molecule has 1 aliphatic carbocycles. The molecule has 2 aliphatic rings. The number of hydrogen-bond acceptors (Lipinski definition) is 1. The van der Waals surface area contributed by atoms with Gasteiger partial charge in [0, 0.05) is 26.7 Å². The van der Waals surface area contributed by atoms with Gasteiger partial charge in [-0.15, -0.1) is 24.0 Å². The average Bonchev–Trinajstić information content (AvgIpc) is 2.74. The quantitative estimate of drug-likeness (QED) is 0.452. The van der Waals surface area contributed by atoms with Crippen LogP contribution in [0.2, 0.25) is 0 Å². The SMILES string of the molecule is CN=C(NCC(C)C)N1CCC2(CCCCC2)C1.I. The molecule has 1 heterocycles. The Balaban J connectivity index is 0.00000180. The highest BCUT2D eigenvalue weighted by molar-refractivity contribution is 14.0. The van der Waals surface area contributed by atoms with Crippen molar-refractivity contribution in [3.8, 4) is 0 Å². The number of rotatable bonds is 2. The summed E-state index contributed by atoms with van der Waals surface area (Å²) in [6.07, 6.45) is 8.56. The highest BCUT2D eigenvalue weighted by atomic mass is 127. The molecule has 1 aliphatic heterocycles. The van der Waals surface area contributed by atoms with Crippen LogP contribution in [0.4, 0.5) is 0 Å². The van der Waals surface area contributed by atoms with Gasteiger partial charge in [-0.05, 0) is 30.6 Å². The number of nitrogens with zero attached hydrogens (tertiary/aromatic N) is 2. The Labute approximate surface area is 135 Å². The van der Waals surface area contributed by atoms with Crippen LogP contribution >= 0.6 is 24.0 Å². The van der Waals surface area contributed by atoms with Crippen molar-refractivity contribution in [2.24, 2.45) is 16.3 Å². The van der Waals surface area contributed by atoms with E-state index in [9.17, 15) is 0 Å². The van der Waals surface area contributed by atoms with Gasteiger partial charge >= 0.3 is 0 Å². The summed E-state index contributed by atoms with van der Waals surface area (Å²) in [5.41, 5.74) is 0.619. The first kappa shape index (κ1) is 17.1. The van der Waals surface area contributed by atoms with Crippen molar-refractivity contribution < 1.29 is 0 Å². The zero-order valence-corrected chi connectivity index (χ0v) is 15.1. The van der Waals surface area contributed by atoms with Crippen LogP contribution in [0, 0.1) is 11.3 Å². The molecule has 1 spiro atoms. The fraction of sp³-hybridized carbons (Fsp3) is 0.933. The van der Waals surface area contributed by atoms with E-state index in [0.29, 0.717) is 11.3 Å². The molecule has 2 fully saturated rings. The minimum absolute atomic E-state index is 0. The van der Waals surface area contributed by atoms with Crippen LogP contribution in [0.5, 0.6) is 0 Å². The molecule has 0 radical (unpaired) electrons. The second kappa shape index (κ2) is 7.70. The van der Waals surface area contributed by atoms with E-state index in [2.05, 4.69) is 29.1 Å². The van der Waals surface area contributed by atoms with Gasteiger partial charge in [-0.1, -0.05) is 33.1 Å². The van der Waals surface area contributed by atoms with Crippen molar-refractivity contribution in [1.29, 1.82) is 0 Å². The summed E-state index contributed by atoms with van der Waals surface area (Å²) in [6, 6.07) is 0. The predicted molar refractivity (Wildman–Crippen MR) is 93.3 cm³/mol. The van der Waals surface area contributed by atoms with Gasteiger partial charge in [0.2, 0.25) is 0 Å². The molecule has 3 nitrogen and oxygen atoms in total. The molecule has 0 unspecified atom stereocenters. The minimum Gasteiger partial charge on any atom is -0.356 e. The minimum atomic E-state index is 0. The van der Waals surface area contributed by atoms with Crippen LogP contribution in [0.25, 0.3) is 0 Å². The van der Waals surface area contributed by atoms with Crippen LogP contribution in [-0.2, 0) is 0 Å². The summed E-state index contributed by atoms with van der Waals surface area (Å²) >= 11 is 0. The summed E-state index contributed by atoms with van der Waals surface area (Å²) in [6.45, 7) is 7.93. The Morgan fingerprint density at radius 3 is 2.47 bits per heavy atom. The molecule has 0 aromatic heterocycles. The first-order valence-electron chi connectivity index (χ1n) is 7.61. The molecule has 0 atom stereocenters. The van der Waals surface area contributed by atoms with Crippen molar-refractivity contribution >= 4 is 29.9 Å². The predicted octanol–water partition coefficient (Wildman–Crippen LogP) is 3.49. The van der Waals surface area contributed by atoms with Crippen molar-refractivity contribution in [1.82, 2.24) is 10.2 Å². The molecular weight excluding hydrogens is 349 g/mol. The van der Waals surface area contributed by atoms with Gasteiger partial charge in [-0.25, -0.2) is 0 Å². The van der Waals surface area contributed by atoms with Gasteiger partial charge < -0.3 is 10.2 Å². The monoisotopic (exact) mass is 379 g/mol. The number of guanidine groups is 1. The zero-order chi connectivity index (χ0) is 13.0. The van der Waals surface area contributed by atoms with E-state index in [1.165, 1.54) is 51.6 Å². The molecule has 19 heavy (non-hydrogen) atoms. The fourth-order valence-electron chi connectivity index (χ4n) is 3.45. The van der Waals surface area contributed by atoms with E-state index in [1.807, 2.05) is 7.05 Å². The van der Waals surface area contributed by atoms with Gasteiger partial charge in [-0.2, -0.15) is 0 Å². The van der Waals surface area contributed by atoms with Gasteiger partial charge in [0.25, 0.3) is 0 Å². The number of hydrogen-bond donors (Lipinski definition) is 1. The fourth-order valence-corrected chi connectivity index (χ4v) is 3.45. The average molecular weight is 379 g/mol. The van der Waals surface area contributed by atoms with Crippen molar-refractivity contribution in [2.45, 2.75) is 52.4 Å². The lowest BCUT2D eigenvalue weighted by Crippen LogP contribution is -2.42. The second-order valence-corrected chi connectivity index (χ2v) is 6.55. The summed E-state index contributed by atoms with van der Waals surface area (Å²) in [4.78, 5) is 6.93. The summed E-state index contributed by atoms with van der Waals surface area (Å²) in [7, 11) is 1.91. The second-order valence-electron chi connectivity index (χ2n) is 6.55. The standard InChI is InChI=1S/C15H29N3.HI/c1-13(2)11-17-14(16-3)18-10-9-15(12-18)7-5-4-6-8-15;/h13H,4-12H2,1-3H3,(H,16,17);1H. The lowest BCUT2D eigenvalue weighted by Gasteiger charge is -2.33. The maximum absolute atomic E-state index is 4.45. The van der Waals surface area contributed by atoms with Crippen LogP contribution in [0.15, 0.2) is 4.99 Å². The molecule has 1 N–H and O–H groups in total. The first-order chi connectivity index (χ1) is 8.65. The molecule has 1 saturated carbocycles. The van der Waals surface area contributed by atoms with E-state index >= 15 is 0 Å². The van der Waals surface area contributed by atoms with E-state index in [1.54, 1.807) is 0 Å². The molecule has 2 rings (SSSR count). The van der Waals surface area contributed by atoms with Crippen LogP contribution in [0.3, 0.4) is 0 Å². The summed E-state index contributed by atoms with van der Waals surface area (Å²) < 4.78 is 0. The topological polar surface area (TPSA) is 27.6 Å². The number of aliphatic imine (C=N–C) groups is 1. The van der Waals surface area contributed by atoms with Gasteiger partial charge in [0.05, 0.1) is 0 Å². The lowest BCUT2D eigenvalue weighted by atomic mass is 9.73. The largest absolute Gasteiger partial charge is 0.356 e. The van der Waals surface area contributed by atoms with Crippen LogP contribution in [0.1, 0.15) is 52.4 Å². The number of likely N-dealkylation sites (tertiary alicyclic amines) is 1. The molecule has 0 aromatic carbocycles. The smallest absolute Gasteiger partial charge is 0.193 e. The Morgan fingerprint density at radius 1 is 1.21 bits per heavy atom. The van der Waals surface area contributed by atoms with Crippen molar-refractivity contribution in [2.75, 3.05) is 26.7 Å². The molecule has 0 amide bonds. The summed E-state index contributed by atoms with van der Waals surface area (Å²) in [5, 5.41) is 3.51. The van der Waals surface area contributed by atoms with Gasteiger partial charge in [0.15, 0.2) is 5.96 Å². The first-order valence-corrected chi connectivity index (χ1v) is 7.61. The number of halogens is 1. The lowest BCUT2D eigenvalue weighted by molar-refractivity contribution is 0.203. The molecule has 112 valence electrons.